The van der Waals surface area contributed by atoms with Crippen LogP contribution in [0.15, 0.2) is 42.5 Å². The van der Waals surface area contributed by atoms with E-state index in [1.54, 1.807) is 0 Å². The van der Waals surface area contributed by atoms with E-state index in [0.717, 1.165) is 30.8 Å². The van der Waals surface area contributed by atoms with Gasteiger partial charge in [0.1, 0.15) is 18.5 Å². The molecule has 1 saturated heterocycles. The van der Waals surface area contributed by atoms with Crippen molar-refractivity contribution < 1.29 is 29.3 Å². The Morgan fingerprint density at radius 2 is 1.81 bits per heavy atom. The van der Waals surface area contributed by atoms with Crippen molar-refractivity contribution in [2.75, 3.05) is 26.3 Å². The summed E-state index contributed by atoms with van der Waals surface area (Å²) >= 11 is 0. The molecule has 0 amide bonds. The van der Waals surface area contributed by atoms with Crippen molar-refractivity contribution in [1.29, 1.82) is 0 Å². The number of nitrogens with zero attached hydrogens (tertiary/aromatic N) is 1. The Labute approximate surface area is 158 Å². The Morgan fingerprint density at radius 3 is 2.48 bits per heavy atom. The van der Waals surface area contributed by atoms with Crippen molar-refractivity contribution in [3.63, 3.8) is 0 Å². The lowest BCUT2D eigenvalue weighted by atomic mass is 10.1. The molecule has 3 rings (SSSR count). The molecule has 1 unspecified atom stereocenters. The molecule has 0 spiro atoms. The first kappa shape index (κ1) is 20.7. The summed E-state index contributed by atoms with van der Waals surface area (Å²) < 4.78 is 11.9. The molecule has 7 heteroatoms. The standard InChI is InChI=1S/C18H23NO2.C2H2O4/c1-14(2)19-10-11-20-16(12-19)13-21-18-9-5-7-15-6-3-4-8-17(15)18;3-1(4)2(5)6/h3-9,14,16H,10-13H2,1-2H3;(H,3,4)(H,5,6). The molecule has 0 aliphatic carbocycles. The topological polar surface area (TPSA) is 96.3 Å². The highest BCUT2D eigenvalue weighted by Gasteiger charge is 2.22. The van der Waals surface area contributed by atoms with Crippen LogP contribution in [0.2, 0.25) is 0 Å². The number of ether oxygens (including phenoxy) is 2. The molecule has 0 saturated carbocycles. The molecule has 2 aromatic rings. The summed E-state index contributed by atoms with van der Waals surface area (Å²) in [5.41, 5.74) is 0. The minimum Gasteiger partial charge on any atom is -0.490 e. The van der Waals surface area contributed by atoms with Crippen molar-refractivity contribution in [2.24, 2.45) is 0 Å². The van der Waals surface area contributed by atoms with Crippen molar-refractivity contribution in [2.45, 2.75) is 26.0 Å². The zero-order valence-electron chi connectivity index (χ0n) is 15.5. The van der Waals surface area contributed by atoms with Crippen LogP contribution >= 0.6 is 0 Å². The number of benzene rings is 2. The monoisotopic (exact) mass is 375 g/mol. The lowest BCUT2D eigenvalue weighted by molar-refractivity contribution is -0.159. The molecule has 1 heterocycles. The highest BCUT2D eigenvalue weighted by Crippen LogP contribution is 2.25. The van der Waals surface area contributed by atoms with Gasteiger partial charge in [-0.1, -0.05) is 36.4 Å². The van der Waals surface area contributed by atoms with Gasteiger partial charge in [-0.25, -0.2) is 9.59 Å². The van der Waals surface area contributed by atoms with Gasteiger partial charge in [-0.15, -0.1) is 0 Å². The van der Waals surface area contributed by atoms with Gasteiger partial charge in [-0.3, -0.25) is 4.90 Å². The quantitative estimate of drug-likeness (QED) is 0.793. The van der Waals surface area contributed by atoms with Crippen LogP contribution in [0.3, 0.4) is 0 Å². The van der Waals surface area contributed by atoms with E-state index in [1.807, 2.05) is 18.2 Å². The molecule has 146 valence electrons. The molecule has 2 aromatic carbocycles. The second-order valence-electron chi connectivity index (χ2n) is 6.48. The second-order valence-corrected chi connectivity index (χ2v) is 6.48. The van der Waals surface area contributed by atoms with Gasteiger partial charge < -0.3 is 19.7 Å². The SMILES string of the molecule is CC(C)N1CCOC(COc2cccc3ccccc23)C1.O=C(O)C(=O)O. The van der Waals surface area contributed by atoms with Crippen molar-refractivity contribution in [1.82, 2.24) is 4.90 Å². The van der Waals surface area contributed by atoms with Gasteiger partial charge in [0.05, 0.1) is 6.61 Å². The number of hydrogen-bond donors (Lipinski definition) is 2. The van der Waals surface area contributed by atoms with E-state index >= 15 is 0 Å². The number of fused-ring (bicyclic) bond motifs is 1. The highest BCUT2D eigenvalue weighted by atomic mass is 16.5. The summed E-state index contributed by atoms with van der Waals surface area (Å²) in [7, 11) is 0. The van der Waals surface area contributed by atoms with Gasteiger partial charge >= 0.3 is 11.9 Å². The Morgan fingerprint density at radius 1 is 1.15 bits per heavy atom. The maximum atomic E-state index is 9.10. The summed E-state index contributed by atoms with van der Waals surface area (Å²) in [6.45, 7) is 7.83. The number of rotatable bonds is 4. The minimum atomic E-state index is -1.82. The van der Waals surface area contributed by atoms with E-state index in [2.05, 4.69) is 43.0 Å². The summed E-state index contributed by atoms with van der Waals surface area (Å²) in [6, 6.07) is 15.1. The maximum absolute atomic E-state index is 9.10. The average Bonchev–Trinajstić information content (AvgIpc) is 2.67. The van der Waals surface area contributed by atoms with Crippen LogP contribution in [-0.2, 0) is 14.3 Å². The first-order valence-corrected chi connectivity index (χ1v) is 8.81. The number of carboxylic acids is 2. The Kier molecular flexibility index (Phi) is 7.57. The first-order chi connectivity index (χ1) is 12.9. The van der Waals surface area contributed by atoms with Crippen LogP contribution in [0.5, 0.6) is 5.75 Å². The number of aliphatic carboxylic acids is 2. The molecule has 1 fully saturated rings. The lowest BCUT2D eigenvalue weighted by Crippen LogP contribution is -2.47. The van der Waals surface area contributed by atoms with E-state index in [1.165, 1.54) is 5.39 Å². The third kappa shape index (κ3) is 6.23. The Hall–Kier alpha value is -2.64. The van der Waals surface area contributed by atoms with E-state index < -0.39 is 11.9 Å². The molecular formula is C20H25NO6. The molecule has 7 nitrogen and oxygen atoms in total. The number of carboxylic acid groups (broad SMARTS) is 2. The number of hydrogen-bond acceptors (Lipinski definition) is 5. The molecule has 1 aliphatic rings. The fourth-order valence-electron chi connectivity index (χ4n) is 2.82. The summed E-state index contributed by atoms with van der Waals surface area (Å²) in [4.78, 5) is 20.6. The van der Waals surface area contributed by atoms with Gasteiger partial charge in [0.25, 0.3) is 0 Å². The molecule has 0 bridgehead atoms. The molecule has 0 aromatic heterocycles. The van der Waals surface area contributed by atoms with Crippen molar-refractivity contribution in [3.8, 4) is 5.75 Å². The minimum absolute atomic E-state index is 0.153. The third-order valence-corrected chi connectivity index (χ3v) is 4.26. The summed E-state index contributed by atoms with van der Waals surface area (Å²) in [5.74, 6) is -2.71. The van der Waals surface area contributed by atoms with Crippen LogP contribution in [0.25, 0.3) is 10.8 Å². The third-order valence-electron chi connectivity index (χ3n) is 4.26. The number of morpholine rings is 1. The fourth-order valence-corrected chi connectivity index (χ4v) is 2.82. The summed E-state index contributed by atoms with van der Waals surface area (Å²) in [6.07, 6.45) is 0.153. The van der Waals surface area contributed by atoms with Gasteiger partial charge in [-0.2, -0.15) is 0 Å². The van der Waals surface area contributed by atoms with Crippen molar-refractivity contribution >= 4 is 22.7 Å². The molecule has 0 radical (unpaired) electrons. The van der Waals surface area contributed by atoms with Crippen LogP contribution in [0.1, 0.15) is 13.8 Å². The second kappa shape index (κ2) is 9.89. The molecule has 27 heavy (non-hydrogen) atoms. The van der Waals surface area contributed by atoms with Crippen LogP contribution in [0, 0.1) is 0 Å². The van der Waals surface area contributed by atoms with Crippen LogP contribution < -0.4 is 4.74 Å². The smallest absolute Gasteiger partial charge is 0.414 e. The molecule has 1 atom stereocenters. The van der Waals surface area contributed by atoms with Gasteiger partial charge in [0.2, 0.25) is 0 Å². The lowest BCUT2D eigenvalue weighted by Gasteiger charge is -2.35. The van der Waals surface area contributed by atoms with Gasteiger partial charge in [0, 0.05) is 24.5 Å². The van der Waals surface area contributed by atoms with E-state index in [-0.39, 0.29) is 6.10 Å². The average molecular weight is 375 g/mol. The molecule has 2 N–H and O–H groups in total. The first-order valence-electron chi connectivity index (χ1n) is 8.81. The number of carbonyl (C=O) groups is 2. The zero-order chi connectivity index (χ0) is 19.8. The molecular weight excluding hydrogens is 350 g/mol. The van der Waals surface area contributed by atoms with Crippen LogP contribution in [0.4, 0.5) is 0 Å². The van der Waals surface area contributed by atoms with E-state index in [0.29, 0.717) is 12.6 Å². The van der Waals surface area contributed by atoms with E-state index in [4.69, 9.17) is 29.3 Å². The van der Waals surface area contributed by atoms with Crippen LogP contribution in [-0.4, -0.2) is 65.5 Å². The predicted octanol–water partition coefficient (Wildman–Crippen LogP) is 2.48. The van der Waals surface area contributed by atoms with E-state index in [9.17, 15) is 0 Å². The summed E-state index contributed by atoms with van der Waals surface area (Å²) in [5, 5.41) is 17.2. The molecule has 1 aliphatic heterocycles. The highest BCUT2D eigenvalue weighted by molar-refractivity contribution is 6.27. The Bertz CT molecular complexity index is 759. The predicted molar refractivity (Wildman–Crippen MR) is 101 cm³/mol. The maximum Gasteiger partial charge on any atom is 0.414 e. The zero-order valence-corrected chi connectivity index (χ0v) is 15.5. The van der Waals surface area contributed by atoms with Gasteiger partial charge in [0.15, 0.2) is 0 Å². The van der Waals surface area contributed by atoms with Gasteiger partial charge in [-0.05, 0) is 25.3 Å². The largest absolute Gasteiger partial charge is 0.490 e. The normalized spacial score (nSPS) is 17.2. The Balaban J connectivity index is 0.000000380. The van der Waals surface area contributed by atoms with Crippen molar-refractivity contribution in [3.05, 3.63) is 42.5 Å². The fraction of sp³-hybridized carbons (Fsp3) is 0.400.